The number of aromatic nitrogens is 2. The van der Waals surface area contributed by atoms with E-state index >= 15 is 0 Å². The Morgan fingerprint density at radius 3 is 2.71 bits per heavy atom. The normalized spacial score (nSPS) is 23.6. The molecule has 4 heterocycles. The second kappa shape index (κ2) is 7.02. The van der Waals surface area contributed by atoms with Gasteiger partial charge in [0.15, 0.2) is 5.17 Å². The molecule has 2 aliphatic heterocycles. The average Bonchev–Trinajstić information content (AvgIpc) is 3.43. The lowest BCUT2D eigenvalue weighted by molar-refractivity contribution is 0.321. The van der Waals surface area contributed by atoms with Gasteiger partial charge in [-0.05, 0) is 48.0 Å². The van der Waals surface area contributed by atoms with Gasteiger partial charge in [0.25, 0.3) is 0 Å². The first-order chi connectivity index (χ1) is 13.7. The Balaban J connectivity index is 1.50. The quantitative estimate of drug-likeness (QED) is 0.659. The molecule has 0 aliphatic carbocycles. The second-order valence-corrected chi connectivity index (χ2v) is 8.59. The zero-order valence-electron chi connectivity index (χ0n) is 15.9. The molecule has 5 nitrogen and oxygen atoms in total. The number of amidine groups is 1. The third kappa shape index (κ3) is 2.98. The number of hydrogen-bond donors (Lipinski definition) is 0. The molecule has 5 rings (SSSR count). The van der Waals surface area contributed by atoms with Crippen LogP contribution in [-0.2, 0) is 0 Å². The summed E-state index contributed by atoms with van der Waals surface area (Å²) in [4.78, 5) is 12.1. The molecule has 1 saturated heterocycles. The second-order valence-electron chi connectivity index (χ2n) is 7.19. The standard InChI is InChI=1S/C22H22N4OS/c1-15-13-26-21(20(24-22(26)28-15)19-5-3-4-11-23-19)16-10-12-25(14-16)17-6-8-18(27-2)9-7-17/h3-12,14-15,20-21H,13H2,1-2H3. The number of ether oxygens (including phenoxy) is 1. The van der Waals surface area contributed by atoms with E-state index in [0.29, 0.717) is 5.25 Å². The van der Waals surface area contributed by atoms with Gasteiger partial charge in [0.2, 0.25) is 0 Å². The molecule has 0 spiro atoms. The first kappa shape index (κ1) is 17.4. The average molecular weight is 391 g/mol. The molecule has 142 valence electrons. The fraction of sp³-hybridized carbons (Fsp3) is 0.273. The van der Waals surface area contributed by atoms with Crippen molar-refractivity contribution in [2.75, 3.05) is 13.7 Å². The molecule has 1 aromatic carbocycles. The van der Waals surface area contributed by atoms with Crippen molar-refractivity contribution in [3.63, 3.8) is 0 Å². The van der Waals surface area contributed by atoms with Crippen molar-refractivity contribution in [1.82, 2.24) is 14.5 Å². The van der Waals surface area contributed by atoms with Crippen LogP contribution in [0, 0.1) is 0 Å². The smallest absolute Gasteiger partial charge is 0.160 e. The lowest BCUT2D eigenvalue weighted by Gasteiger charge is -2.26. The highest BCUT2D eigenvalue weighted by atomic mass is 32.2. The lowest BCUT2D eigenvalue weighted by Crippen LogP contribution is -2.28. The highest BCUT2D eigenvalue weighted by molar-refractivity contribution is 8.14. The molecule has 6 heteroatoms. The lowest BCUT2D eigenvalue weighted by atomic mass is 9.99. The topological polar surface area (TPSA) is 42.6 Å². The zero-order valence-corrected chi connectivity index (χ0v) is 16.7. The SMILES string of the molecule is COc1ccc(-n2ccc(C3C(c4ccccn4)N=C4SC(C)CN43)c2)cc1. The molecule has 3 atom stereocenters. The van der Waals surface area contributed by atoms with E-state index in [9.17, 15) is 0 Å². The molecule has 0 amide bonds. The molecule has 1 fully saturated rings. The number of methoxy groups -OCH3 is 1. The van der Waals surface area contributed by atoms with E-state index in [1.165, 1.54) is 5.56 Å². The van der Waals surface area contributed by atoms with Crippen LogP contribution in [0.25, 0.3) is 5.69 Å². The van der Waals surface area contributed by atoms with Gasteiger partial charge >= 0.3 is 0 Å². The van der Waals surface area contributed by atoms with Crippen LogP contribution in [0.5, 0.6) is 5.75 Å². The fourth-order valence-electron chi connectivity index (χ4n) is 3.98. The maximum absolute atomic E-state index is 5.27. The predicted octanol–water partition coefficient (Wildman–Crippen LogP) is 4.47. The fourth-order valence-corrected chi connectivity index (χ4v) is 5.07. The van der Waals surface area contributed by atoms with Crippen LogP contribution in [0.15, 0.2) is 72.1 Å². The minimum atomic E-state index is 0.0305. The zero-order chi connectivity index (χ0) is 19.1. The molecule has 0 saturated carbocycles. The number of fused-ring (bicyclic) bond motifs is 1. The summed E-state index contributed by atoms with van der Waals surface area (Å²) >= 11 is 1.87. The molecule has 0 bridgehead atoms. The number of thioether (sulfide) groups is 1. The number of rotatable bonds is 4. The van der Waals surface area contributed by atoms with Crippen molar-refractivity contribution in [2.45, 2.75) is 24.3 Å². The number of aliphatic imine (C=N–C) groups is 1. The van der Waals surface area contributed by atoms with Gasteiger partial charge < -0.3 is 14.2 Å². The summed E-state index contributed by atoms with van der Waals surface area (Å²) in [5.74, 6) is 0.864. The number of nitrogens with zero attached hydrogens (tertiary/aromatic N) is 4. The van der Waals surface area contributed by atoms with E-state index in [2.05, 4.69) is 58.0 Å². The van der Waals surface area contributed by atoms with Crippen LogP contribution in [0.4, 0.5) is 0 Å². The molecular formula is C22H22N4OS. The van der Waals surface area contributed by atoms with Crippen molar-refractivity contribution in [1.29, 1.82) is 0 Å². The largest absolute Gasteiger partial charge is 0.497 e. The highest BCUT2D eigenvalue weighted by Crippen LogP contribution is 2.47. The first-order valence-corrected chi connectivity index (χ1v) is 10.4. The van der Waals surface area contributed by atoms with Crippen molar-refractivity contribution < 1.29 is 4.74 Å². The van der Waals surface area contributed by atoms with Gasteiger partial charge in [-0.15, -0.1) is 0 Å². The molecule has 0 radical (unpaired) electrons. The maximum atomic E-state index is 5.27. The summed E-state index contributed by atoms with van der Waals surface area (Å²) in [6.07, 6.45) is 6.19. The molecule has 28 heavy (non-hydrogen) atoms. The Kier molecular flexibility index (Phi) is 4.36. The van der Waals surface area contributed by atoms with Gasteiger partial charge in [-0.25, -0.2) is 0 Å². The summed E-state index contributed by atoms with van der Waals surface area (Å²) in [6.45, 7) is 3.28. The Morgan fingerprint density at radius 2 is 1.96 bits per heavy atom. The van der Waals surface area contributed by atoms with Gasteiger partial charge in [0.1, 0.15) is 11.8 Å². The predicted molar refractivity (Wildman–Crippen MR) is 113 cm³/mol. The minimum Gasteiger partial charge on any atom is -0.497 e. The Bertz CT molecular complexity index is 999. The summed E-state index contributed by atoms with van der Waals surface area (Å²) in [5, 5.41) is 1.71. The number of pyridine rings is 1. The van der Waals surface area contributed by atoms with E-state index < -0.39 is 0 Å². The van der Waals surface area contributed by atoms with Gasteiger partial charge in [0.05, 0.1) is 18.8 Å². The van der Waals surface area contributed by atoms with Crippen molar-refractivity contribution in [3.05, 3.63) is 78.4 Å². The third-order valence-electron chi connectivity index (χ3n) is 5.31. The van der Waals surface area contributed by atoms with Crippen LogP contribution in [0.2, 0.25) is 0 Å². The summed E-state index contributed by atoms with van der Waals surface area (Å²) in [6, 6.07) is 16.6. The minimum absolute atomic E-state index is 0.0305. The van der Waals surface area contributed by atoms with Gasteiger partial charge in [0, 0.05) is 36.1 Å². The van der Waals surface area contributed by atoms with Crippen molar-refractivity contribution in [3.8, 4) is 11.4 Å². The number of benzene rings is 1. The van der Waals surface area contributed by atoms with Gasteiger partial charge in [-0.3, -0.25) is 9.98 Å². The van der Waals surface area contributed by atoms with E-state index in [1.54, 1.807) is 7.11 Å². The van der Waals surface area contributed by atoms with Crippen LogP contribution in [0.3, 0.4) is 0 Å². The van der Waals surface area contributed by atoms with E-state index in [-0.39, 0.29) is 12.1 Å². The molecule has 3 unspecified atom stereocenters. The molecular weight excluding hydrogens is 368 g/mol. The van der Waals surface area contributed by atoms with Crippen molar-refractivity contribution in [2.24, 2.45) is 4.99 Å². The summed E-state index contributed by atoms with van der Waals surface area (Å²) in [5.41, 5.74) is 3.41. The number of hydrogen-bond acceptors (Lipinski definition) is 5. The van der Waals surface area contributed by atoms with Crippen molar-refractivity contribution >= 4 is 16.9 Å². The highest BCUT2D eigenvalue weighted by Gasteiger charge is 2.43. The Morgan fingerprint density at radius 1 is 1.11 bits per heavy atom. The first-order valence-electron chi connectivity index (χ1n) is 9.47. The maximum Gasteiger partial charge on any atom is 0.160 e. The van der Waals surface area contributed by atoms with Crippen LogP contribution < -0.4 is 4.74 Å². The summed E-state index contributed by atoms with van der Waals surface area (Å²) in [7, 11) is 1.69. The van der Waals surface area contributed by atoms with Gasteiger partial charge in [-0.1, -0.05) is 24.8 Å². The summed E-state index contributed by atoms with van der Waals surface area (Å²) < 4.78 is 7.43. The van der Waals surface area contributed by atoms with E-state index in [4.69, 9.17) is 9.73 Å². The van der Waals surface area contributed by atoms with Crippen LogP contribution in [-0.4, -0.2) is 38.5 Å². The van der Waals surface area contributed by atoms with E-state index in [1.807, 2.05) is 42.2 Å². The van der Waals surface area contributed by atoms with E-state index in [0.717, 1.165) is 28.8 Å². The van der Waals surface area contributed by atoms with Crippen LogP contribution in [0.1, 0.15) is 30.3 Å². The van der Waals surface area contributed by atoms with Crippen LogP contribution >= 0.6 is 11.8 Å². The van der Waals surface area contributed by atoms with Gasteiger partial charge in [-0.2, -0.15) is 0 Å². The monoisotopic (exact) mass is 390 g/mol. The Hall–Kier alpha value is -2.73. The molecule has 2 aliphatic rings. The molecule has 2 aromatic heterocycles. The molecule has 3 aromatic rings. The third-order valence-corrected chi connectivity index (χ3v) is 6.41. The Labute approximate surface area is 169 Å². The molecule has 0 N–H and O–H groups in total.